The number of thiophene rings is 1. The molecule has 2 aromatic heterocycles. The van der Waals surface area contributed by atoms with Gasteiger partial charge in [0, 0.05) is 11.6 Å². The lowest BCUT2D eigenvalue weighted by molar-refractivity contribution is -0.122. The molecule has 0 unspecified atom stereocenters. The van der Waals surface area contributed by atoms with Crippen molar-refractivity contribution >= 4 is 50.7 Å². The molecule has 186 valence electrons. The predicted octanol–water partition coefficient (Wildman–Crippen LogP) is 3.15. The summed E-state index contributed by atoms with van der Waals surface area (Å²) < 4.78 is 7.53. The summed E-state index contributed by atoms with van der Waals surface area (Å²) in [5.74, 6) is -0.625. The number of aryl methyl sites for hydroxylation is 1. The van der Waals surface area contributed by atoms with Gasteiger partial charge in [0.1, 0.15) is 23.5 Å². The number of carbonyl (C=O) groups excluding carboxylic acids is 2. The molecule has 0 bridgehead atoms. The average molecular weight is 527 g/mol. The molecule has 0 radical (unpaired) electrons. The van der Waals surface area contributed by atoms with Gasteiger partial charge in [-0.15, -0.1) is 11.3 Å². The molecule has 2 amide bonds. The maximum Gasteiger partial charge on any atom is 0.332 e. The van der Waals surface area contributed by atoms with Crippen LogP contribution in [0.1, 0.15) is 11.1 Å². The molecule has 0 atom stereocenters. The van der Waals surface area contributed by atoms with E-state index < -0.39 is 29.6 Å². The minimum atomic E-state index is -0.760. The Labute approximate surface area is 214 Å². The molecule has 2 heterocycles. The normalized spacial score (nSPS) is 10.9. The summed E-state index contributed by atoms with van der Waals surface area (Å²) in [6.45, 7) is 1.37. The van der Waals surface area contributed by atoms with Crippen LogP contribution in [0.5, 0.6) is 5.75 Å². The van der Waals surface area contributed by atoms with Crippen LogP contribution in [-0.2, 0) is 29.2 Å². The van der Waals surface area contributed by atoms with Crippen LogP contribution in [0, 0.1) is 6.92 Å². The number of fused-ring (bicyclic) bond motifs is 1. The fourth-order valence-electron chi connectivity index (χ4n) is 3.64. The Morgan fingerprint density at radius 3 is 2.44 bits per heavy atom. The van der Waals surface area contributed by atoms with Crippen molar-refractivity contribution in [1.29, 1.82) is 0 Å². The highest BCUT2D eigenvalue weighted by atomic mass is 35.5. The lowest BCUT2D eigenvalue weighted by atomic mass is 10.1. The molecule has 0 aliphatic carbocycles. The Bertz CT molecular complexity index is 1560. The van der Waals surface area contributed by atoms with Crippen LogP contribution in [-0.4, -0.2) is 28.1 Å². The number of anilines is 1. The van der Waals surface area contributed by atoms with Gasteiger partial charge in [0.15, 0.2) is 0 Å². The summed E-state index contributed by atoms with van der Waals surface area (Å²) in [6.07, 6.45) is 0. The van der Waals surface area contributed by atoms with Crippen molar-refractivity contribution in [2.45, 2.75) is 26.6 Å². The number of carbonyl (C=O) groups is 2. The molecule has 0 aliphatic rings. The van der Waals surface area contributed by atoms with Crippen LogP contribution in [0.15, 0.2) is 63.5 Å². The highest BCUT2D eigenvalue weighted by Crippen LogP contribution is 2.27. The van der Waals surface area contributed by atoms with Crippen molar-refractivity contribution in [2.75, 3.05) is 12.4 Å². The first-order valence-electron chi connectivity index (χ1n) is 10.9. The van der Waals surface area contributed by atoms with Crippen LogP contribution in [0.2, 0.25) is 5.02 Å². The quantitative estimate of drug-likeness (QED) is 0.366. The maximum absolute atomic E-state index is 13.2. The second kappa shape index (κ2) is 10.8. The Hall–Kier alpha value is -3.89. The number of nitrogens with zero attached hydrogens (tertiary/aromatic N) is 2. The highest BCUT2D eigenvalue weighted by Gasteiger charge is 2.19. The molecule has 0 spiro atoms. The van der Waals surface area contributed by atoms with Crippen molar-refractivity contribution in [3.05, 3.63) is 90.9 Å². The number of benzene rings is 2. The molecule has 0 saturated heterocycles. The first kappa shape index (κ1) is 25.2. The molecule has 0 fully saturated rings. The minimum Gasteiger partial charge on any atom is -0.495 e. The highest BCUT2D eigenvalue weighted by molar-refractivity contribution is 7.17. The molecule has 4 aromatic rings. The van der Waals surface area contributed by atoms with E-state index in [1.807, 2.05) is 31.2 Å². The number of hydrogen-bond acceptors (Lipinski definition) is 6. The number of amides is 2. The van der Waals surface area contributed by atoms with Crippen LogP contribution < -0.4 is 26.6 Å². The standard InChI is InChI=1S/C25H23ClN4O5S/c1-15-3-5-16(6-4-15)12-27-21(31)13-30-24(33)23-19(9-10-36-23)29(25(30)34)14-22(32)28-18-11-17(26)7-8-20(18)35-2/h3-11H,12-14H2,1-2H3,(H,27,31)(H,28,32). The summed E-state index contributed by atoms with van der Waals surface area (Å²) in [5.41, 5.74) is 1.31. The van der Waals surface area contributed by atoms with E-state index in [0.29, 0.717) is 22.0 Å². The lowest BCUT2D eigenvalue weighted by Gasteiger charge is -2.14. The molecule has 0 saturated carbocycles. The molecule has 0 aliphatic heterocycles. The fourth-order valence-corrected chi connectivity index (χ4v) is 4.66. The number of hydrogen-bond donors (Lipinski definition) is 2. The van der Waals surface area contributed by atoms with Gasteiger partial charge in [0.05, 0.1) is 18.3 Å². The van der Waals surface area contributed by atoms with Crippen molar-refractivity contribution < 1.29 is 14.3 Å². The van der Waals surface area contributed by atoms with Gasteiger partial charge < -0.3 is 15.4 Å². The maximum atomic E-state index is 13.2. The molecule has 4 rings (SSSR count). The summed E-state index contributed by atoms with van der Waals surface area (Å²) in [5, 5.41) is 7.46. The number of ether oxygens (including phenoxy) is 1. The lowest BCUT2D eigenvalue weighted by Crippen LogP contribution is -2.44. The van der Waals surface area contributed by atoms with Gasteiger partial charge in [-0.1, -0.05) is 41.4 Å². The molecular weight excluding hydrogens is 504 g/mol. The van der Waals surface area contributed by atoms with Crippen LogP contribution in [0.25, 0.3) is 10.2 Å². The third-order valence-corrected chi connectivity index (χ3v) is 6.61. The van der Waals surface area contributed by atoms with E-state index in [9.17, 15) is 19.2 Å². The summed E-state index contributed by atoms with van der Waals surface area (Å²) in [7, 11) is 1.46. The molecule has 2 aromatic carbocycles. The first-order chi connectivity index (χ1) is 17.3. The predicted molar refractivity (Wildman–Crippen MR) is 140 cm³/mol. The van der Waals surface area contributed by atoms with E-state index in [-0.39, 0.29) is 17.8 Å². The molecule has 11 heteroatoms. The zero-order valence-electron chi connectivity index (χ0n) is 19.5. The van der Waals surface area contributed by atoms with E-state index in [1.54, 1.807) is 23.6 Å². The molecule has 2 N–H and O–H groups in total. The van der Waals surface area contributed by atoms with E-state index in [0.717, 1.165) is 27.0 Å². The van der Waals surface area contributed by atoms with E-state index in [4.69, 9.17) is 16.3 Å². The summed E-state index contributed by atoms with van der Waals surface area (Å²) in [4.78, 5) is 51.6. The molecule has 9 nitrogen and oxygen atoms in total. The topological polar surface area (TPSA) is 111 Å². The van der Waals surface area contributed by atoms with Gasteiger partial charge in [-0.25, -0.2) is 9.36 Å². The zero-order valence-corrected chi connectivity index (χ0v) is 21.1. The third-order valence-electron chi connectivity index (χ3n) is 5.49. The number of aromatic nitrogens is 2. The first-order valence-corrected chi connectivity index (χ1v) is 12.2. The van der Waals surface area contributed by atoms with Crippen LogP contribution >= 0.6 is 22.9 Å². The second-order valence-corrected chi connectivity index (χ2v) is 9.40. The SMILES string of the molecule is COc1ccc(Cl)cc1NC(=O)Cn1c(=O)n(CC(=O)NCc2ccc(C)cc2)c(=O)c2sccc21. The van der Waals surface area contributed by atoms with Crippen LogP contribution in [0.4, 0.5) is 5.69 Å². The van der Waals surface area contributed by atoms with Gasteiger partial charge in [-0.05, 0) is 42.1 Å². The summed E-state index contributed by atoms with van der Waals surface area (Å²) >= 11 is 7.16. The smallest absolute Gasteiger partial charge is 0.332 e. The van der Waals surface area contributed by atoms with Gasteiger partial charge in [0.25, 0.3) is 5.56 Å². The Morgan fingerprint density at radius 1 is 1.00 bits per heavy atom. The van der Waals surface area contributed by atoms with E-state index in [2.05, 4.69) is 10.6 Å². The van der Waals surface area contributed by atoms with Crippen molar-refractivity contribution in [3.8, 4) is 5.75 Å². The minimum absolute atomic E-state index is 0.257. The molecule has 36 heavy (non-hydrogen) atoms. The third kappa shape index (κ3) is 5.50. The Kier molecular flexibility index (Phi) is 7.56. The van der Waals surface area contributed by atoms with Gasteiger partial charge in [-0.2, -0.15) is 0 Å². The number of nitrogens with one attached hydrogen (secondary N) is 2. The number of halogens is 1. The number of rotatable bonds is 8. The van der Waals surface area contributed by atoms with E-state index in [1.165, 1.54) is 17.7 Å². The Morgan fingerprint density at radius 2 is 1.72 bits per heavy atom. The number of methoxy groups -OCH3 is 1. The van der Waals surface area contributed by atoms with Crippen molar-refractivity contribution in [2.24, 2.45) is 0 Å². The van der Waals surface area contributed by atoms with Gasteiger partial charge in [0.2, 0.25) is 11.8 Å². The van der Waals surface area contributed by atoms with E-state index >= 15 is 0 Å². The zero-order chi connectivity index (χ0) is 25.8. The molecular formula is C25H23ClN4O5S. The van der Waals surface area contributed by atoms with Crippen LogP contribution in [0.3, 0.4) is 0 Å². The van der Waals surface area contributed by atoms with Gasteiger partial charge >= 0.3 is 5.69 Å². The second-order valence-electron chi connectivity index (χ2n) is 8.05. The summed E-state index contributed by atoms with van der Waals surface area (Å²) in [6, 6.07) is 14.0. The average Bonchev–Trinajstić information content (AvgIpc) is 3.34. The van der Waals surface area contributed by atoms with Gasteiger partial charge in [-0.3, -0.25) is 19.0 Å². The Balaban J connectivity index is 1.57. The van der Waals surface area contributed by atoms with Crippen molar-refractivity contribution in [3.63, 3.8) is 0 Å². The fraction of sp³-hybridized carbons (Fsp3) is 0.200. The van der Waals surface area contributed by atoms with Crippen molar-refractivity contribution in [1.82, 2.24) is 14.5 Å². The monoisotopic (exact) mass is 526 g/mol. The largest absolute Gasteiger partial charge is 0.495 e.